The van der Waals surface area contributed by atoms with Crippen molar-refractivity contribution in [2.75, 3.05) is 26.2 Å². The molecule has 0 aromatic carbocycles. The van der Waals surface area contributed by atoms with Gasteiger partial charge in [0.05, 0.1) is 6.10 Å². The predicted octanol–water partition coefficient (Wildman–Crippen LogP) is 1.87. The van der Waals surface area contributed by atoms with Crippen LogP contribution in [-0.2, 0) is 4.74 Å². The van der Waals surface area contributed by atoms with Crippen molar-refractivity contribution in [3.63, 3.8) is 0 Å². The molecule has 0 spiro atoms. The average molecular weight is 240 g/mol. The van der Waals surface area contributed by atoms with Crippen LogP contribution in [0.2, 0.25) is 0 Å². The number of hydrogen-bond donors (Lipinski definition) is 1. The van der Waals surface area contributed by atoms with E-state index >= 15 is 0 Å². The molecule has 2 saturated heterocycles. The van der Waals surface area contributed by atoms with Crippen molar-refractivity contribution in [2.24, 2.45) is 5.92 Å². The second-order valence-electron chi connectivity index (χ2n) is 6.17. The summed E-state index contributed by atoms with van der Waals surface area (Å²) in [6.45, 7) is 11.4. The topological polar surface area (TPSA) is 24.5 Å². The molecule has 3 heteroatoms. The molecule has 0 aliphatic carbocycles. The van der Waals surface area contributed by atoms with Gasteiger partial charge in [-0.25, -0.2) is 0 Å². The van der Waals surface area contributed by atoms with Crippen molar-refractivity contribution in [3.8, 4) is 0 Å². The fourth-order valence-electron chi connectivity index (χ4n) is 3.03. The Bertz CT molecular complexity index is 226. The lowest BCUT2D eigenvalue weighted by Gasteiger charge is -2.40. The van der Waals surface area contributed by atoms with Gasteiger partial charge in [0.15, 0.2) is 0 Å². The number of nitrogens with one attached hydrogen (secondary N) is 1. The van der Waals surface area contributed by atoms with Gasteiger partial charge >= 0.3 is 0 Å². The minimum atomic E-state index is 0.496. The highest BCUT2D eigenvalue weighted by Crippen LogP contribution is 2.18. The highest BCUT2D eigenvalue weighted by Gasteiger charge is 2.28. The molecule has 17 heavy (non-hydrogen) atoms. The summed E-state index contributed by atoms with van der Waals surface area (Å²) in [6.07, 6.45) is 4.29. The zero-order valence-corrected chi connectivity index (χ0v) is 11.6. The lowest BCUT2D eigenvalue weighted by Crippen LogP contribution is -2.57. The van der Waals surface area contributed by atoms with E-state index in [9.17, 15) is 0 Å². The quantitative estimate of drug-likeness (QED) is 0.812. The lowest BCUT2D eigenvalue weighted by molar-refractivity contribution is 0.0415. The molecule has 1 N–H and O–H groups in total. The monoisotopic (exact) mass is 240 g/mol. The van der Waals surface area contributed by atoms with E-state index in [1.165, 1.54) is 25.8 Å². The number of hydrogen-bond acceptors (Lipinski definition) is 3. The molecule has 3 nitrogen and oxygen atoms in total. The van der Waals surface area contributed by atoms with Gasteiger partial charge in [-0.05, 0) is 32.1 Å². The van der Waals surface area contributed by atoms with E-state index in [1.54, 1.807) is 0 Å². The molecule has 0 bridgehead atoms. The Morgan fingerprint density at radius 1 is 1.41 bits per heavy atom. The summed E-state index contributed by atoms with van der Waals surface area (Å²) in [5.74, 6) is 0.783. The highest BCUT2D eigenvalue weighted by atomic mass is 16.5. The summed E-state index contributed by atoms with van der Waals surface area (Å²) in [7, 11) is 0. The van der Waals surface area contributed by atoms with Gasteiger partial charge in [-0.2, -0.15) is 0 Å². The molecule has 2 rings (SSSR count). The maximum absolute atomic E-state index is 5.76. The van der Waals surface area contributed by atoms with Crippen LogP contribution >= 0.6 is 0 Å². The highest BCUT2D eigenvalue weighted by molar-refractivity contribution is 4.86. The van der Waals surface area contributed by atoms with Crippen LogP contribution in [0.1, 0.15) is 40.0 Å². The van der Waals surface area contributed by atoms with Crippen LogP contribution in [-0.4, -0.2) is 49.3 Å². The Morgan fingerprint density at radius 2 is 2.24 bits per heavy atom. The van der Waals surface area contributed by atoms with E-state index < -0.39 is 0 Å². The molecule has 0 amide bonds. The summed E-state index contributed by atoms with van der Waals surface area (Å²) >= 11 is 0. The second kappa shape index (κ2) is 6.17. The minimum absolute atomic E-state index is 0.496. The van der Waals surface area contributed by atoms with E-state index in [0.29, 0.717) is 18.2 Å². The van der Waals surface area contributed by atoms with Crippen molar-refractivity contribution in [1.82, 2.24) is 10.2 Å². The van der Waals surface area contributed by atoms with E-state index in [2.05, 4.69) is 31.0 Å². The number of ether oxygens (including phenoxy) is 1. The van der Waals surface area contributed by atoms with Crippen molar-refractivity contribution in [2.45, 2.75) is 58.2 Å². The average Bonchev–Trinajstić information content (AvgIpc) is 2.75. The molecule has 0 aromatic rings. The summed E-state index contributed by atoms with van der Waals surface area (Å²) in [6, 6.07) is 1.33. The number of rotatable bonds is 4. The number of piperazine rings is 1. The van der Waals surface area contributed by atoms with Crippen LogP contribution < -0.4 is 5.32 Å². The third-order valence-corrected chi connectivity index (χ3v) is 4.00. The molecule has 2 fully saturated rings. The summed E-state index contributed by atoms with van der Waals surface area (Å²) < 4.78 is 5.76. The van der Waals surface area contributed by atoms with Crippen LogP contribution in [0.4, 0.5) is 0 Å². The largest absolute Gasteiger partial charge is 0.377 e. The first-order valence-electron chi connectivity index (χ1n) is 7.24. The van der Waals surface area contributed by atoms with Gasteiger partial charge in [-0.1, -0.05) is 13.8 Å². The van der Waals surface area contributed by atoms with Crippen LogP contribution in [0.5, 0.6) is 0 Å². The summed E-state index contributed by atoms with van der Waals surface area (Å²) in [5, 5.41) is 3.67. The van der Waals surface area contributed by atoms with Crippen LogP contribution in [0.15, 0.2) is 0 Å². The third-order valence-electron chi connectivity index (χ3n) is 4.00. The van der Waals surface area contributed by atoms with E-state index in [0.717, 1.165) is 25.6 Å². The van der Waals surface area contributed by atoms with Crippen molar-refractivity contribution in [3.05, 3.63) is 0 Å². The fourth-order valence-corrected chi connectivity index (χ4v) is 3.03. The van der Waals surface area contributed by atoms with Gasteiger partial charge in [0.2, 0.25) is 0 Å². The van der Waals surface area contributed by atoms with Gasteiger partial charge < -0.3 is 10.1 Å². The molecule has 3 unspecified atom stereocenters. The predicted molar refractivity (Wildman–Crippen MR) is 71.3 cm³/mol. The van der Waals surface area contributed by atoms with E-state index in [-0.39, 0.29) is 0 Å². The van der Waals surface area contributed by atoms with Gasteiger partial charge in [0.1, 0.15) is 0 Å². The van der Waals surface area contributed by atoms with Crippen LogP contribution in [0, 0.1) is 5.92 Å². The molecule has 0 aromatic heterocycles. The molecule has 3 atom stereocenters. The molecular weight excluding hydrogens is 212 g/mol. The summed E-state index contributed by atoms with van der Waals surface area (Å²) in [5.41, 5.74) is 0. The molecule has 2 aliphatic heterocycles. The molecule has 2 aliphatic rings. The Kier molecular flexibility index (Phi) is 4.83. The van der Waals surface area contributed by atoms with Crippen molar-refractivity contribution >= 4 is 0 Å². The maximum atomic E-state index is 5.76. The minimum Gasteiger partial charge on any atom is -0.377 e. The molecule has 0 radical (unpaired) electrons. The zero-order chi connectivity index (χ0) is 12.3. The first-order valence-corrected chi connectivity index (χ1v) is 7.24. The maximum Gasteiger partial charge on any atom is 0.0702 e. The summed E-state index contributed by atoms with van der Waals surface area (Å²) in [4.78, 5) is 2.62. The van der Waals surface area contributed by atoms with Crippen LogP contribution in [0.3, 0.4) is 0 Å². The Labute approximate surface area is 106 Å². The first kappa shape index (κ1) is 13.3. The lowest BCUT2D eigenvalue weighted by atomic mass is 10.00. The first-order chi connectivity index (χ1) is 8.15. The van der Waals surface area contributed by atoms with E-state index in [1.807, 2.05) is 0 Å². The smallest absolute Gasteiger partial charge is 0.0702 e. The standard InChI is InChI=1S/C14H28N2O/c1-11(2)7-13-9-16(12(3)8-15-13)10-14-5-4-6-17-14/h11-15H,4-10H2,1-3H3. The van der Waals surface area contributed by atoms with Gasteiger partial charge in [-0.15, -0.1) is 0 Å². The third kappa shape index (κ3) is 3.94. The van der Waals surface area contributed by atoms with Gasteiger partial charge in [-0.3, -0.25) is 4.90 Å². The molecule has 100 valence electrons. The second-order valence-corrected chi connectivity index (χ2v) is 6.17. The number of nitrogens with zero attached hydrogens (tertiary/aromatic N) is 1. The van der Waals surface area contributed by atoms with Gasteiger partial charge in [0.25, 0.3) is 0 Å². The zero-order valence-electron chi connectivity index (χ0n) is 11.6. The normalized spacial score (nSPS) is 35.6. The Balaban J connectivity index is 1.81. The molecule has 2 heterocycles. The molecule has 0 saturated carbocycles. The Morgan fingerprint density at radius 3 is 2.88 bits per heavy atom. The van der Waals surface area contributed by atoms with E-state index in [4.69, 9.17) is 4.74 Å². The molecular formula is C14H28N2O. The van der Waals surface area contributed by atoms with Crippen LogP contribution in [0.25, 0.3) is 0 Å². The SMILES string of the molecule is CC(C)CC1CN(CC2CCCO2)C(C)CN1. The van der Waals surface area contributed by atoms with Crippen molar-refractivity contribution < 1.29 is 4.74 Å². The Hall–Kier alpha value is -0.120. The van der Waals surface area contributed by atoms with Gasteiger partial charge in [0, 0.05) is 38.3 Å². The fraction of sp³-hybridized carbons (Fsp3) is 1.00. The van der Waals surface area contributed by atoms with Crippen molar-refractivity contribution in [1.29, 1.82) is 0 Å².